The van der Waals surface area contributed by atoms with Gasteiger partial charge in [-0.05, 0) is 62.9 Å². The fourth-order valence-corrected chi connectivity index (χ4v) is 4.60. The number of nitrogens with one attached hydrogen (secondary N) is 2. The van der Waals surface area contributed by atoms with Crippen molar-refractivity contribution in [1.29, 1.82) is 0 Å². The average molecular weight is 367 g/mol. The first-order valence-electron chi connectivity index (χ1n) is 10.4. The van der Waals surface area contributed by atoms with Gasteiger partial charge in [0.15, 0.2) is 0 Å². The third-order valence-electron chi connectivity index (χ3n) is 6.10. The number of carbonyl (C=O) groups excluding carboxylic acids is 1. The summed E-state index contributed by atoms with van der Waals surface area (Å²) in [6.07, 6.45) is 16.3. The van der Waals surface area contributed by atoms with E-state index in [-0.39, 0.29) is 11.9 Å². The molecule has 1 amide bonds. The Bertz CT molecular complexity index is 784. The lowest BCUT2D eigenvalue weighted by molar-refractivity contribution is -0.117. The third-order valence-corrected chi connectivity index (χ3v) is 6.10. The number of amides is 1. The molecule has 2 aliphatic rings. The smallest absolute Gasteiger partial charge is 0.244 e. The van der Waals surface area contributed by atoms with Gasteiger partial charge in [-0.2, -0.15) is 0 Å². The molecule has 1 saturated heterocycles. The Balaban J connectivity index is 1.42. The first-order chi connectivity index (χ1) is 13.3. The van der Waals surface area contributed by atoms with E-state index < -0.39 is 0 Å². The zero-order valence-electron chi connectivity index (χ0n) is 16.0. The van der Waals surface area contributed by atoms with E-state index in [1.807, 2.05) is 24.4 Å². The standard InChI is InChI=1S/C22H30N4O/c27-21(11-10-18-15-24-22-19(18)9-6-12-23-22)25-20(16-26-13-4-5-14-26)17-7-2-1-3-8-17/h6,9-12,15,17,20H,1-5,7-8,13-14,16H2,(H,23,24)(H,25,27)/b11-10+/t20-/m1/s1. The van der Waals surface area contributed by atoms with E-state index >= 15 is 0 Å². The topological polar surface area (TPSA) is 61.0 Å². The van der Waals surface area contributed by atoms with Crippen LogP contribution in [0, 0.1) is 5.92 Å². The van der Waals surface area contributed by atoms with Gasteiger partial charge in [0.05, 0.1) is 0 Å². The first kappa shape index (κ1) is 18.2. The van der Waals surface area contributed by atoms with Gasteiger partial charge >= 0.3 is 0 Å². The monoisotopic (exact) mass is 366 g/mol. The van der Waals surface area contributed by atoms with Gasteiger partial charge in [0, 0.05) is 42.0 Å². The number of likely N-dealkylation sites (tertiary alicyclic amines) is 1. The molecule has 2 aromatic rings. The summed E-state index contributed by atoms with van der Waals surface area (Å²) in [7, 11) is 0. The summed E-state index contributed by atoms with van der Waals surface area (Å²) in [6, 6.07) is 4.21. The highest BCUT2D eigenvalue weighted by Gasteiger charge is 2.27. The third kappa shape index (κ3) is 4.59. The highest BCUT2D eigenvalue weighted by molar-refractivity contribution is 5.95. The molecule has 5 heteroatoms. The molecule has 2 N–H and O–H groups in total. The lowest BCUT2D eigenvalue weighted by Crippen LogP contribution is -2.47. The van der Waals surface area contributed by atoms with Gasteiger partial charge in [0.1, 0.15) is 5.65 Å². The zero-order chi connectivity index (χ0) is 18.5. The van der Waals surface area contributed by atoms with Gasteiger partial charge in [-0.1, -0.05) is 19.3 Å². The molecule has 0 unspecified atom stereocenters. The number of H-pyrrole nitrogens is 1. The SMILES string of the molecule is O=C(/C=C/c1c[nH]c2ncccc12)N[C@H](CN1CCCC1)C1CCCCC1. The molecule has 2 aromatic heterocycles. The molecule has 1 aliphatic carbocycles. The normalized spacial score (nSPS) is 20.4. The quantitative estimate of drug-likeness (QED) is 0.766. The number of aromatic amines is 1. The lowest BCUT2D eigenvalue weighted by atomic mass is 9.83. The van der Waals surface area contributed by atoms with Crippen molar-refractivity contribution in [3.8, 4) is 0 Å². The second-order valence-electron chi connectivity index (χ2n) is 8.00. The molecule has 5 nitrogen and oxygen atoms in total. The molecule has 2 fully saturated rings. The van der Waals surface area contributed by atoms with Crippen molar-refractivity contribution in [3.63, 3.8) is 0 Å². The summed E-state index contributed by atoms with van der Waals surface area (Å²) in [6.45, 7) is 3.36. The number of carbonyl (C=O) groups is 1. The van der Waals surface area contributed by atoms with Crippen LogP contribution in [0.15, 0.2) is 30.6 Å². The summed E-state index contributed by atoms with van der Waals surface area (Å²) in [5.41, 5.74) is 1.86. The van der Waals surface area contributed by atoms with E-state index in [4.69, 9.17) is 0 Å². The van der Waals surface area contributed by atoms with Crippen LogP contribution in [-0.4, -0.2) is 46.5 Å². The first-order valence-corrected chi connectivity index (χ1v) is 10.4. The molecule has 1 saturated carbocycles. The van der Waals surface area contributed by atoms with Crippen LogP contribution in [0.1, 0.15) is 50.5 Å². The number of rotatable bonds is 6. The molecule has 0 radical (unpaired) electrons. The Morgan fingerprint density at radius 1 is 1.26 bits per heavy atom. The Hall–Kier alpha value is -2.14. The van der Waals surface area contributed by atoms with E-state index in [1.54, 1.807) is 12.3 Å². The van der Waals surface area contributed by atoms with Crippen LogP contribution in [0.3, 0.4) is 0 Å². The maximum Gasteiger partial charge on any atom is 0.244 e. The van der Waals surface area contributed by atoms with E-state index in [1.165, 1.54) is 58.0 Å². The molecule has 3 heterocycles. The van der Waals surface area contributed by atoms with E-state index in [2.05, 4.69) is 20.2 Å². The van der Waals surface area contributed by atoms with Crippen molar-refractivity contribution in [3.05, 3.63) is 36.2 Å². The average Bonchev–Trinajstić information content (AvgIpc) is 3.36. The van der Waals surface area contributed by atoms with Crippen molar-refractivity contribution < 1.29 is 4.79 Å². The number of hydrogen-bond donors (Lipinski definition) is 2. The van der Waals surface area contributed by atoms with Crippen molar-refractivity contribution in [2.24, 2.45) is 5.92 Å². The molecule has 1 atom stereocenters. The van der Waals surface area contributed by atoms with Crippen molar-refractivity contribution in [1.82, 2.24) is 20.2 Å². The molecule has 0 aromatic carbocycles. The summed E-state index contributed by atoms with van der Waals surface area (Å²) in [5.74, 6) is 0.636. The molecular weight excluding hydrogens is 336 g/mol. The zero-order valence-corrected chi connectivity index (χ0v) is 16.0. The maximum absolute atomic E-state index is 12.7. The minimum atomic E-state index is 0.0167. The van der Waals surface area contributed by atoms with Gasteiger partial charge in [-0.25, -0.2) is 4.98 Å². The molecule has 1 aliphatic heterocycles. The van der Waals surface area contributed by atoms with Gasteiger partial charge in [0.25, 0.3) is 0 Å². The number of hydrogen-bond acceptors (Lipinski definition) is 3. The van der Waals surface area contributed by atoms with Crippen LogP contribution in [0.25, 0.3) is 17.1 Å². The van der Waals surface area contributed by atoms with Crippen molar-refractivity contribution >= 4 is 23.0 Å². The lowest BCUT2D eigenvalue weighted by Gasteiger charge is -2.33. The predicted molar refractivity (Wildman–Crippen MR) is 109 cm³/mol. The molecule has 0 spiro atoms. The Kier molecular flexibility index (Phi) is 5.87. The van der Waals surface area contributed by atoms with Gasteiger partial charge in [-0.15, -0.1) is 0 Å². The van der Waals surface area contributed by atoms with Crippen LogP contribution in [0.2, 0.25) is 0 Å². The number of pyridine rings is 1. The fourth-order valence-electron chi connectivity index (χ4n) is 4.60. The number of fused-ring (bicyclic) bond motifs is 1. The van der Waals surface area contributed by atoms with Gasteiger partial charge in [0.2, 0.25) is 5.91 Å². The second kappa shape index (κ2) is 8.70. The number of aromatic nitrogens is 2. The van der Waals surface area contributed by atoms with Crippen molar-refractivity contribution in [2.45, 2.75) is 51.0 Å². The highest BCUT2D eigenvalue weighted by Crippen LogP contribution is 2.27. The Morgan fingerprint density at radius 3 is 2.89 bits per heavy atom. The second-order valence-corrected chi connectivity index (χ2v) is 8.00. The van der Waals surface area contributed by atoms with Crippen LogP contribution < -0.4 is 5.32 Å². The minimum absolute atomic E-state index is 0.0167. The summed E-state index contributed by atoms with van der Waals surface area (Å²) in [5, 5.41) is 4.37. The Morgan fingerprint density at radius 2 is 2.07 bits per heavy atom. The number of nitrogens with zero attached hydrogens (tertiary/aromatic N) is 2. The van der Waals surface area contributed by atoms with Crippen molar-refractivity contribution in [2.75, 3.05) is 19.6 Å². The van der Waals surface area contributed by atoms with Gasteiger partial charge in [-0.3, -0.25) is 4.79 Å². The fraction of sp³-hybridized carbons (Fsp3) is 0.545. The van der Waals surface area contributed by atoms with Gasteiger partial charge < -0.3 is 15.2 Å². The Labute approximate surface area is 161 Å². The molecule has 27 heavy (non-hydrogen) atoms. The van der Waals surface area contributed by atoms with Crippen LogP contribution in [0.5, 0.6) is 0 Å². The largest absolute Gasteiger partial charge is 0.348 e. The molecule has 0 bridgehead atoms. The predicted octanol–water partition coefficient (Wildman–Crippen LogP) is 3.74. The highest BCUT2D eigenvalue weighted by atomic mass is 16.1. The molecule has 4 rings (SSSR count). The van der Waals surface area contributed by atoms with Crippen LogP contribution in [0.4, 0.5) is 0 Å². The van der Waals surface area contributed by atoms with Crippen LogP contribution >= 0.6 is 0 Å². The summed E-state index contributed by atoms with van der Waals surface area (Å²) >= 11 is 0. The summed E-state index contributed by atoms with van der Waals surface area (Å²) in [4.78, 5) is 22.6. The summed E-state index contributed by atoms with van der Waals surface area (Å²) < 4.78 is 0. The maximum atomic E-state index is 12.7. The van der Waals surface area contributed by atoms with E-state index in [9.17, 15) is 4.79 Å². The molecule has 144 valence electrons. The van der Waals surface area contributed by atoms with Crippen LogP contribution in [-0.2, 0) is 4.79 Å². The molecular formula is C22H30N4O. The van der Waals surface area contributed by atoms with E-state index in [0.717, 1.165) is 23.1 Å². The van der Waals surface area contributed by atoms with E-state index in [0.29, 0.717) is 5.92 Å². The minimum Gasteiger partial charge on any atom is -0.348 e.